The third kappa shape index (κ3) is 5.96. The highest BCUT2D eigenvalue weighted by molar-refractivity contribution is 7.80. The largest absolute Gasteiger partial charge is 0.495 e. The number of benzene rings is 2. The first-order chi connectivity index (χ1) is 18.8. The van der Waals surface area contributed by atoms with E-state index in [4.69, 9.17) is 16.3 Å². The summed E-state index contributed by atoms with van der Waals surface area (Å²) in [4.78, 5) is 20.4. The van der Waals surface area contributed by atoms with Crippen molar-refractivity contribution in [2.75, 3.05) is 17.7 Å². The quantitative estimate of drug-likeness (QED) is 0.192. The SMILES string of the molecule is COc1cc2c(cc1Nc1ncc(Cl)c(Nc3ccccc3C(C)(C)S(=O)O)n1)C(C)(C)/C(=N/NC(C)=O)CC2. The van der Waals surface area contributed by atoms with Crippen molar-refractivity contribution in [2.45, 2.75) is 57.6 Å². The number of anilines is 4. The molecule has 1 heterocycles. The van der Waals surface area contributed by atoms with Gasteiger partial charge in [0.15, 0.2) is 16.9 Å². The molecule has 10 nitrogen and oxygen atoms in total. The number of hydrogen-bond acceptors (Lipinski definition) is 8. The fourth-order valence-electron chi connectivity index (χ4n) is 4.71. The number of hydrogen-bond donors (Lipinski definition) is 4. The van der Waals surface area contributed by atoms with E-state index in [2.05, 4.69) is 45.0 Å². The van der Waals surface area contributed by atoms with Gasteiger partial charge in [-0.1, -0.05) is 43.6 Å². The van der Waals surface area contributed by atoms with Gasteiger partial charge in [0.05, 0.1) is 23.7 Å². The van der Waals surface area contributed by atoms with E-state index < -0.39 is 21.2 Å². The van der Waals surface area contributed by atoms with Gasteiger partial charge in [0.1, 0.15) is 10.8 Å². The Morgan fingerprint density at radius 2 is 1.90 bits per heavy atom. The Balaban J connectivity index is 1.69. The second-order valence-electron chi connectivity index (χ2n) is 10.5. The van der Waals surface area contributed by atoms with E-state index in [0.717, 1.165) is 23.3 Å². The van der Waals surface area contributed by atoms with Gasteiger partial charge in [-0.25, -0.2) is 14.6 Å². The van der Waals surface area contributed by atoms with Crippen molar-refractivity contribution in [3.63, 3.8) is 0 Å². The van der Waals surface area contributed by atoms with Gasteiger partial charge in [-0.2, -0.15) is 10.1 Å². The monoisotopic (exact) mass is 584 g/mol. The number of hydrazone groups is 1. The third-order valence-corrected chi connectivity index (χ3v) is 8.43. The molecule has 0 spiro atoms. The number of ether oxygens (including phenoxy) is 1. The Bertz CT molecular complexity index is 1510. The smallest absolute Gasteiger partial charge is 0.236 e. The first kappa shape index (κ1) is 29.4. The maximum Gasteiger partial charge on any atom is 0.236 e. The lowest BCUT2D eigenvalue weighted by molar-refractivity contribution is -0.118. The Hall–Kier alpha value is -3.54. The number of nitrogens with zero attached hydrogens (tertiary/aromatic N) is 3. The van der Waals surface area contributed by atoms with Gasteiger partial charge >= 0.3 is 0 Å². The zero-order chi connectivity index (χ0) is 29.2. The molecule has 1 aliphatic carbocycles. The lowest BCUT2D eigenvalue weighted by Crippen LogP contribution is -2.36. The summed E-state index contributed by atoms with van der Waals surface area (Å²) >= 11 is 4.33. The summed E-state index contributed by atoms with van der Waals surface area (Å²) in [6.07, 6.45) is 2.95. The molecule has 0 radical (unpaired) electrons. The van der Waals surface area contributed by atoms with E-state index in [1.54, 1.807) is 39.2 Å². The zero-order valence-electron chi connectivity index (χ0n) is 23.3. The molecule has 0 aliphatic heterocycles. The van der Waals surface area contributed by atoms with Gasteiger partial charge in [-0.15, -0.1) is 0 Å². The number of aryl methyl sites for hydroxylation is 1. The van der Waals surface area contributed by atoms with Crippen LogP contribution in [-0.2, 0) is 32.5 Å². The predicted octanol–water partition coefficient (Wildman–Crippen LogP) is 5.80. The Morgan fingerprint density at radius 3 is 2.58 bits per heavy atom. The molecule has 4 N–H and O–H groups in total. The fraction of sp³-hybridized carbons (Fsp3) is 0.357. The molecule has 4 rings (SSSR count). The van der Waals surface area contributed by atoms with E-state index in [-0.39, 0.29) is 16.9 Å². The summed E-state index contributed by atoms with van der Waals surface area (Å²) in [6.45, 7) is 8.95. The molecule has 12 heteroatoms. The minimum absolute atomic E-state index is 0.216. The molecule has 0 saturated carbocycles. The van der Waals surface area contributed by atoms with Crippen molar-refractivity contribution in [3.8, 4) is 5.75 Å². The van der Waals surface area contributed by atoms with E-state index in [1.165, 1.54) is 13.1 Å². The van der Waals surface area contributed by atoms with Crippen molar-refractivity contribution in [3.05, 3.63) is 64.3 Å². The van der Waals surface area contributed by atoms with Crippen LogP contribution >= 0.6 is 11.6 Å². The molecular weight excluding hydrogens is 552 g/mol. The molecule has 1 unspecified atom stereocenters. The molecule has 0 saturated heterocycles. The molecular formula is C28H33ClN6O4S. The zero-order valence-corrected chi connectivity index (χ0v) is 24.8. The van der Waals surface area contributed by atoms with E-state index in [0.29, 0.717) is 34.9 Å². The second-order valence-corrected chi connectivity index (χ2v) is 12.4. The summed E-state index contributed by atoms with van der Waals surface area (Å²) in [5.74, 6) is 1.01. The van der Waals surface area contributed by atoms with Crippen LogP contribution in [0, 0.1) is 0 Å². The topological polar surface area (TPSA) is 138 Å². The maximum atomic E-state index is 12.0. The first-order valence-corrected chi connectivity index (χ1v) is 14.1. The summed E-state index contributed by atoms with van der Waals surface area (Å²) in [7, 11) is 1.60. The molecule has 1 aromatic heterocycles. The number of amides is 1. The molecule has 0 fully saturated rings. The van der Waals surface area contributed by atoms with Crippen LogP contribution in [0.2, 0.25) is 5.02 Å². The Kier molecular flexibility index (Phi) is 8.48. The number of carbonyl (C=O) groups excluding carboxylic acids is 1. The van der Waals surface area contributed by atoms with Crippen LogP contribution in [-0.4, -0.2) is 37.5 Å². The average molecular weight is 585 g/mol. The van der Waals surface area contributed by atoms with Gasteiger partial charge in [-0.05, 0) is 61.6 Å². The second kappa shape index (κ2) is 11.5. The molecule has 212 valence electrons. The van der Waals surface area contributed by atoms with E-state index >= 15 is 0 Å². The molecule has 3 aromatic rings. The van der Waals surface area contributed by atoms with Gasteiger partial charge in [0, 0.05) is 23.7 Å². The molecule has 1 amide bonds. The van der Waals surface area contributed by atoms with Crippen LogP contribution in [0.5, 0.6) is 5.75 Å². The molecule has 0 bridgehead atoms. The fourth-order valence-corrected chi connectivity index (χ4v) is 5.22. The lowest BCUT2D eigenvalue weighted by atomic mass is 9.71. The number of carbonyl (C=O) groups is 1. The number of para-hydroxylation sites is 1. The number of halogens is 1. The van der Waals surface area contributed by atoms with E-state index in [9.17, 15) is 13.6 Å². The van der Waals surface area contributed by atoms with Crippen molar-refractivity contribution >= 4 is 57.4 Å². The maximum absolute atomic E-state index is 12.0. The minimum atomic E-state index is -2.11. The van der Waals surface area contributed by atoms with Crippen LogP contribution in [0.25, 0.3) is 0 Å². The van der Waals surface area contributed by atoms with Crippen LogP contribution in [0.15, 0.2) is 47.7 Å². The van der Waals surface area contributed by atoms with Gasteiger partial charge in [0.25, 0.3) is 0 Å². The van der Waals surface area contributed by atoms with Crippen LogP contribution in [0.3, 0.4) is 0 Å². The standard InChI is InChI=1S/C28H33ClN6O4S/c1-16(36)34-35-24-12-11-17-13-23(39-6)22(14-19(17)27(24,2)3)32-26-30-15-20(29)25(33-26)31-21-10-8-7-9-18(21)28(4,5)40(37)38/h7-10,13-15H,11-12H2,1-6H3,(H,34,36)(H,37,38)(H2,30,31,32,33)/b35-24+. The van der Waals surface area contributed by atoms with Crippen LogP contribution in [0.1, 0.15) is 57.7 Å². The number of aromatic nitrogens is 2. The van der Waals surface area contributed by atoms with Crippen molar-refractivity contribution in [1.29, 1.82) is 0 Å². The number of fused-ring (bicyclic) bond motifs is 1. The highest BCUT2D eigenvalue weighted by Gasteiger charge is 2.35. The Labute approximate surface area is 241 Å². The predicted molar refractivity (Wildman–Crippen MR) is 159 cm³/mol. The van der Waals surface area contributed by atoms with Gasteiger partial charge in [0.2, 0.25) is 11.9 Å². The molecule has 40 heavy (non-hydrogen) atoms. The highest BCUT2D eigenvalue weighted by Crippen LogP contribution is 2.41. The van der Waals surface area contributed by atoms with Gasteiger partial charge in [-0.3, -0.25) is 4.79 Å². The highest BCUT2D eigenvalue weighted by atomic mass is 35.5. The number of rotatable bonds is 8. The Morgan fingerprint density at radius 1 is 1.18 bits per heavy atom. The van der Waals surface area contributed by atoms with Crippen molar-refractivity contribution in [1.82, 2.24) is 15.4 Å². The lowest BCUT2D eigenvalue weighted by Gasteiger charge is -2.35. The average Bonchev–Trinajstić information content (AvgIpc) is 2.90. The molecule has 1 aliphatic rings. The van der Waals surface area contributed by atoms with Crippen LogP contribution in [0.4, 0.5) is 23.1 Å². The molecule has 1 atom stereocenters. The van der Waals surface area contributed by atoms with Crippen molar-refractivity contribution < 1.29 is 18.3 Å². The van der Waals surface area contributed by atoms with Crippen molar-refractivity contribution in [2.24, 2.45) is 5.10 Å². The summed E-state index contributed by atoms with van der Waals surface area (Å²) in [6, 6.07) is 11.2. The summed E-state index contributed by atoms with van der Waals surface area (Å²) in [5.41, 5.74) is 7.08. The van der Waals surface area contributed by atoms with E-state index in [1.807, 2.05) is 18.2 Å². The summed E-state index contributed by atoms with van der Waals surface area (Å²) < 4.78 is 26.6. The molecule has 2 aromatic carbocycles. The van der Waals surface area contributed by atoms with Crippen LogP contribution < -0.4 is 20.8 Å². The minimum Gasteiger partial charge on any atom is -0.495 e. The third-order valence-electron chi connectivity index (χ3n) is 7.06. The summed E-state index contributed by atoms with van der Waals surface area (Å²) in [5, 5.41) is 11.1. The number of methoxy groups -OCH3 is 1. The number of nitrogens with one attached hydrogen (secondary N) is 3. The van der Waals surface area contributed by atoms with Gasteiger partial charge < -0.3 is 19.9 Å². The first-order valence-electron chi connectivity index (χ1n) is 12.7. The normalized spacial score (nSPS) is 16.1.